The van der Waals surface area contributed by atoms with Crippen LogP contribution in [0, 0.1) is 11.3 Å². The summed E-state index contributed by atoms with van der Waals surface area (Å²) in [6, 6.07) is 6.57. The summed E-state index contributed by atoms with van der Waals surface area (Å²) < 4.78 is 17.3. The van der Waals surface area contributed by atoms with Crippen LogP contribution in [0.25, 0.3) is 0 Å². The van der Waals surface area contributed by atoms with Gasteiger partial charge in [-0.2, -0.15) is 0 Å². The molecule has 1 aliphatic heterocycles. The van der Waals surface area contributed by atoms with Crippen LogP contribution in [-0.2, 0) is 11.2 Å². The molecule has 1 aromatic rings. The lowest BCUT2D eigenvalue weighted by Gasteiger charge is -2.54. The highest BCUT2D eigenvalue weighted by atomic mass is 127. The number of hydrogen-bond acceptors (Lipinski definition) is 4. The van der Waals surface area contributed by atoms with Crippen LogP contribution < -0.4 is 20.1 Å². The summed E-state index contributed by atoms with van der Waals surface area (Å²) in [6.45, 7) is 11.5. The quantitative estimate of drug-likeness (QED) is 0.314. The van der Waals surface area contributed by atoms with Crippen LogP contribution in [0.1, 0.15) is 39.7 Å². The monoisotopic (exact) mass is 517 g/mol. The second-order valence-corrected chi connectivity index (χ2v) is 8.08. The van der Waals surface area contributed by atoms with Crippen molar-refractivity contribution in [2.45, 2.75) is 52.7 Å². The van der Waals surface area contributed by atoms with Gasteiger partial charge in [0.05, 0.1) is 19.3 Å². The van der Waals surface area contributed by atoms with Gasteiger partial charge in [-0.3, -0.25) is 4.99 Å². The number of benzene rings is 1. The molecule has 2 fully saturated rings. The first-order chi connectivity index (χ1) is 13.5. The maximum Gasteiger partial charge on any atom is 0.191 e. The number of nitrogens with one attached hydrogen (secondary N) is 2. The largest absolute Gasteiger partial charge is 0.490 e. The van der Waals surface area contributed by atoms with Gasteiger partial charge in [0.15, 0.2) is 17.5 Å². The van der Waals surface area contributed by atoms with Gasteiger partial charge in [0.2, 0.25) is 0 Å². The third kappa shape index (κ3) is 5.29. The second kappa shape index (κ2) is 10.7. The summed E-state index contributed by atoms with van der Waals surface area (Å²) in [6.07, 6.45) is 2.40. The molecule has 1 aromatic carbocycles. The van der Waals surface area contributed by atoms with E-state index in [1.165, 1.54) is 5.56 Å². The number of halogens is 1. The van der Waals surface area contributed by atoms with E-state index in [1.807, 2.05) is 27.0 Å². The zero-order valence-corrected chi connectivity index (χ0v) is 20.6. The third-order valence-corrected chi connectivity index (χ3v) is 5.93. The first-order valence-corrected chi connectivity index (χ1v) is 10.5. The predicted octanol–water partition coefficient (Wildman–Crippen LogP) is 3.62. The van der Waals surface area contributed by atoms with Crippen LogP contribution in [0.5, 0.6) is 11.5 Å². The highest BCUT2D eigenvalue weighted by molar-refractivity contribution is 14.0. The number of nitrogens with zero attached hydrogens (tertiary/aromatic N) is 1. The lowest BCUT2D eigenvalue weighted by molar-refractivity contribution is -0.106. The van der Waals surface area contributed by atoms with Crippen molar-refractivity contribution in [3.63, 3.8) is 0 Å². The van der Waals surface area contributed by atoms with Crippen LogP contribution >= 0.6 is 24.0 Å². The molecule has 6 nitrogen and oxygen atoms in total. The number of ether oxygens (including phenoxy) is 3. The Morgan fingerprint density at radius 2 is 1.93 bits per heavy atom. The van der Waals surface area contributed by atoms with Crippen molar-refractivity contribution in [3.05, 3.63) is 23.8 Å². The van der Waals surface area contributed by atoms with E-state index in [1.54, 1.807) is 0 Å². The second-order valence-electron chi connectivity index (χ2n) is 8.08. The van der Waals surface area contributed by atoms with Gasteiger partial charge in [-0.1, -0.05) is 19.9 Å². The molecule has 1 heterocycles. The van der Waals surface area contributed by atoms with Crippen LogP contribution in [-0.4, -0.2) is 51.5 Å². The molecule has 2 aliphatic rings. The van der Waals surface area contributed by atoms with Crippen LogP contribution in [0.3, 0.4) is 0 Å². The fourth-order valence-corrected chi connectivity index (χ4v) is 4.54. The molecule has 0 radical (unpaired) electrons. The van der Waals surface area contributed by atoms with Gasteiger partial charge in [0, 0.05) is 37.6 Å². The summed E-state index contributed by atoms with van der Waals surface area (Å²) in [4.78, 5) is 4.42. The van der Waals surface area contributed by atoms with Crippen molar-refractivity contribution in [1.82, 2.24) is 10.6 Å². The van der Waals surface area contributed by atoms with Gasteiger partial charge in [-0.25, -0.2) is 0 Å². The first-order valence-electron chi connectivity index (χ1n) is 10.5. The van der Waals surface area contributed by atoms with Gasteiger partial charge < -0.3 is 24.8 Å². The van der Waals surface area contributed by atoms with E-state index in [-0.39, 0.29) is 29.4 Å². The van der Waals surface area contributed by atoms with E-state index in [2.05, 4.69) is 41.6 Å². The molecule has 0 spiro atoms. The van der Waals surface area contributed by atoms with Gasteiger partial charge in [-0.05, 0) is 44.4 Å². The Bertz CT molecular complexity index is 696. The van der Waals surface area contributed by atoms with Gasteiger partial charge in [0.1, 0.15) is 0 Å². The van der Waals surface area contributed by atoms with Crippen molar-refractivity contribution in [2.75, 3.05) is 33.4 Å². The standard InChI is InChI=1S/C22H35N3O3.HI/c1-6-26-17-9-8-15(14-18(17)27-7-2)10-12-24-21(23-5)25-19-16-11-13-28-20(16)22(19,3)4;/h8-9,14,16,19-20H,6-7,10-13H2,1-5H3,(H2,23,24,25);1H. The van der Waals surface area contributed by atoms with E-state index in [0.29, 0.717) is 31.3 Å². The molecule has 0 amide bonds. The Kier molecular flexibility index (Phi) is 8.88. The fraction of sp³-hybridized carbons (Fsp3) is 0.682. The highest BCUT2D eigenvalue weighted by Crippen LogP contribution is 2.52. The van der Waals surface area contributed by atoms with E-state index >= 15 is 0 Å². The number of aliphatic imine (C=N–C) groups is 1. The Labute approximate surface area is 192 Å². The van der Waals surface area contributed by atoms with Crippen molar-refractivity contribution >= 4 is 29.9 Å². The molecule has 3 rings (SSSR count). The SMILES string of the molecule is CCOc1ccc(CCNC(=NC)NC2C3CCOC3C2(C)C)cc1OCC.I. The Morgan fingerprint density at radius 3 is 2.62 bits per heavy atom. The third-order valence-electron chi connectivity index (χ3n) is 5.93. The number of hydrogen-bond donors (Lipinski definition) is 2. The maximum absolute atomic E-state index is 5.89. The molecular formula is C22H36IN3O3. The van der Waals surface area contributed by atoms with Crippen molar-refractivity contribution in [1.29, 1.82) is 0 Å². The summed E-state index contributed by atoms with van der Waals surface area (Å²) in [5.41, 5.74) is 1.35. The van der Waals surface area contributed by atoms with Crippen molar-refractivity contribution in [2.24, 2.45) is 16.3 Å². The van der Waals surface area contributed by atoms with Gasteiger partial charge in [-0.15, -0.1) is 24.0 Å². The highest BCUT2D eigenvalue weighted by Gasteiger charge is 2.59. The molecule has 164 valence electrons. The smallest absolute Gasteiger partial charge is 0.191 e. The molecule has 1 aliphatic carbocycles. The Hall–Kier alpha value is -1.22. The maximum atomic E-state index is 5.89. The summed E-state index contributed by atoms with van der Waals surface area (Å²) >= 11 is 0. The van der Waals surface area contributed by atoms with Crippen LogP contribution in [0.2, 0.25) is 0 Å². The number of rotatable bonds is 8. The average Bonchev–Trinajstić information content (AvgIpc) is 3.14. The molecule has 0 aromatic heterocycles. The lowest BCUT2D eigenvalue weighted by atomic mass is 9.57. The fourth-order valence-electron chi connectivity index (χ4n) is 4.54. The first kappa shape index (κ1) is 24.1. The molecule has 1 saturated heterocycles. The number of guanidine groups is 1. The molecule has 3 unspecified atom stereocenters. The molecule has 2 N–H and O–H groups in total. The van der Waals surface area contributed by atoms with E-state index in [9.17, 15) is 0 Å². The minimum Gasteiger partial charge on any atom is -0.490 e. The molecule has 7 heteroatoms. The summed E-state index contributed by atoms with van der Waals surface area (Å²) in [5.74, 6) is 3.07. The summed E-state index contributed by atoms with van der Waals surface area (Å²) in [5, 5.41) is 7.07. The minimum atomic E-state index is 0. The van der Waals surface area contributed by atoms with E-state index in [4.69, 9.17) is 14.2 Å². The molecule has 3 atom stereocenters. The zero-order chi connectivity index (χ0) is 20.1. The molecule has 1 saturated carbocycles. The molecular weight excluding hydrogens is 481 g/mol. The van der Waals surface area contributed by atoms with E-state index in [0.717, 1.165) is 43.5 Å². The predicted molar refractivity (Wildman–Crippen MR) is 128 cm³/mol. The van der Waals surface area contributed by atoms with Gasteiger partial charge in [0.25, 0.3) is 0 Å². The van der Waals surface area contributed by atoms with Crippen molar-refractivity contribution in [3.8, 4) is 11.5 Å². The van der Waals surface area contributed by atoms with Crippen molar-refractivity contribution < 1.29 is 14.2 Å². The number of fused-ring (bicyclic) bond motifs is 1. The minimum absolute atomic E-state index is 0. The van der Waals surface area contributed by atoms with E-state index < -0.39 is 0 Å². The lowest BCUT2D eigenvalue weighted by Crippen LogP contribution is -2.68. The Morgan fingerprint density at radius 1 is 1.21 bits per heavy atom. The summed E-state index contributed by atoms with van der Waals surface area (Å²) in [7, 11) is 1.83. The van der Waals surface area contributed by atoms with Gasteiger partial charge >= 0.3 is 0 Å². The Balaban J connectivity index is 0.00000300. The molecule has 0 bridgehead atoms. The average molecular weight is 517 g/mol. The normalized spacial score (nSPS) is 24.7. The zero-order valence-electron chi connectivity index (χ0n) is 18.3. The van der Waals surface area contributed by atoms with Crippen LogP contribution in [0.15, 0.2) is 23.2 Å². The topological polar surface area (TPSA) is 64.1 Å². The van der Waals surface area contributed by atoms with Crippen LogP contribution in [0.4, 0.5) is 0 Å². The molecule has 29 heavy (non-hydrogen) atoms.